The summed E-state index contributed by atoms with van der Waals surface area (Å²) in [5.74, 6) is -0.475. The molecule has 0 bridgehead atoms. The normalized spacial score (nSPS) is 23.0. The number of rotatable bonds is 4. The van der Waals surface area contributed by atoms with E-state index in [-0.39, 0.29) is 18.4 Å². The number of amides is 2. The van der Waals surface area contributed by atoms with Crippen LogP contribution in [-0.4, -0.2) is 34.6 Å². The monoisotopic (exact) mass is 314 g/mol. The smallest absolute Gasteiger partial charge is 0.243 e. The molecule has 1 aromatic carbocycles. The van der Waals surface area contributed by atoms with E-state index in [2.05, 4.69) is 5.32 Å². The Morgan fingerprint density at radius 3 is 2.35 bits per heavy atom. The van der Waals surface area contributed by atoms with Gasteiger partial charge in [-0.1, -0.05) is 18.2 Å². The largest absolute Gasteiger partial charge is 0.336 e. The maximum absolute atomic E-state index is 12.2. The fourth-order valence-corrected chi connectivity index (χ4v) is 2.76. The minimum absolute atomic E-state index is 0.0345. The summed E-state index contributed by atoms with van der Waals surface area (Å²) < 4.78 is -1.02. The fourth-order valence-electron chi connectivity index (χ4n) is 2.06. The molecule has 0 saturated heterocycles. The van der Waals surface area contributed by atoms with Gasteiger partial charge >= 0.3 is 0 Å². The van der Waals surface area contributed by atoms with E-state index in [1.165, 1.54) is 4.90 Å². The first-order chi connectivity index (χ1) is 9.26. The van der Waals surface area contributed by atoms with Gasteiger partial charge in [-0.05, 0) is 25.5 Å². The van der Waals surface area contributed by atoms with Crippen LogP contribution in [0.4, 0.5) is 5.69 Å². The van der Waals surface area contributed by atoms with E-state index < -0.39 is 9.75 Å². The number of carbonyl (C=O) groups excluding carboxylic acids is 2. The Hall–Kier alpha value is -1.26. The van der Waals surface area contributed by atoms with Crippen LogP contribution in [0.1, 0.15) is 13.3 Å². The lowest BCUT2D eigenvalue weighted by Crippen LogP contribution is -2.40. The molecule has 1 atom stereocenters. The number of anilines is 1. The number of benzene rings is 1. The van der Waals surface area contributed by atoms with Crippen molar-refractivity contribution in [3.05, 3.63) is 30.3 Å². The van der Waals surface area contributed by atoms with Gasteiger partial charge in [0, 0.05) is 12.7 Å². The Labute approximate surface area is 128 Å². The van der Waals surface area contributed by atoms with Gasteiger partial charge in [-0.3, -0.25) is 9.59 Å². The molecule has 2 rings (SSSR count). The maximum Gasteiger partial charge on any atom is 0.243 e. The first kappa shape index (κ1) is 15.1. The number of hydrogen-bond donors (Lipinski definition) is 1. The summed E-state index contributed by atoms with van der Waals surface area (Å²) in [6.45, 7) is 1.67. The molecule has 1 aliphatic carbocycles. The highest BCUT2D eigenvalue weighted by Crippen LogP contribution is 2.64. The van der Waals surface area contributed by atoms with Crippen molar-refractivity contribution >= 4 is 40.7 Å². The lowest BCUT2D eigenvalue weighted by atomic mass is 10.1. The lowest BCUT2D eigenvalue weighted by Gasteiger charge is -2.21. The van der Waals surface area contributed by atoms with Crippen molar-refractivity contribution in [2.24, 2.45) is 5.41 Å². The van der Waals surface area contributed by atoms with Crippen LogP contribution in [0, 0.1) is 5.41 Å². The topological polar surface area (TPSA) is 49.4 Å². The first-order valence-corrected chi connectivity index (χ1v) is 7.00. The van der Waals surface area contributed by atoms with Gasteiger partial charge in [0.05, 0.1) is 12.0 Å². The predicted octanol–water partition coefficient (Wildman–Crippen LogP) is 2.67. The molecule has 0 aliphatic heterocycles. The highest BCUT2D eigenvalue weighted by molar-refractivity contribution is 6.53. The van der Waals surface area contributed by atoms with Crippen molar-refractivity contribution in [2.75, 3.05) is 18.9 Å². The van der Waals surface area contributed by atoms with Crippen LogP contribution in [0.25, 0.3) is 0 Å². The number of nitrogens with one attached hydrogen (secondary N) is 1. The molecule has 4 nitrogen and oxygen atoms in total. The standard InChI is InChI=1S/C14H16Cl2N2O2/c1-13(9-14(13,15)16)12(20)18(2)8-11(19)17-10-6-4-3-5-7-10/h3-7H,8-9H2,1-2H3,(H,17,19)/t13-/m0/s1. The number of para-hydroxylation sites is 1. The van der Waals surface area contributed by atoms with E-state index >= 15 is 0 Å². The van der Waals surface area contributed by atoms with Crippen LogP contribution in [0.5, 0.6) is 0 Å². The first-order valence-electron chi connectivity index (χ1n) is 6.24. The maximum atomic E-state index is 12.2. The van der Waals surface area contributed by atoms with Crippen molar-refractivity contribution in [1.29, 1.82) is 0 Å². The zero-order chi connectivity index (χ0) is 15.0. The summed E-state index contributed by atoms with van der Waals surface area (Å²) in [6, 6.07) is 9.07. The molecule has 0 spiro atoms. The van der Waals surface area contributed by atoms with Crippen molar-refractivity contribution in [2.45, 2.75) is 17.7 Å². The molecule has 1 N–H and O–H groups in total. The van der Waals surface area contributed by atoms with Crippen LogP contribution in [0.2, 0.25) is 0 Å². The molecule has 0 aromatic heterocycles. The molecule has 1 fully saturated rings. The van der Waals surface area contributed by atoms with Crippen molar-refractivity contribution in [1.82, 2.24) is 4.90 Å². The van der Waals surface area contributed by atoms with Crippen LogP contribution in [-0.2, 0) is 9.59 Å². The van der Waals surface area contributed by atoms with Gasteiger partial charge in [0.1, 0.15) is 4.33 Å². The number of alkyl halides is 2. The molecule has 1 aromatic rings. The van der Waals surface area contributed by atoms with Gasteiger partial charge < -0.3 is 10.2 Å². The van der Waals surface area contributed by atoms with E-state index in [9.17, 15) is 9.59 Å². The number of nitrogens with zero attached hydrogens (tertiary/aromatic N) is 1. The molecule has 20 heavy (non-hydrogen) atoms. The van der Waals surface area contributed by atoms with E-state index in [1.54, 1.807) is 26.1 Å². The molecule has 108 valence electrons. The van der Waals surface area contributed by atoms with Crippen LogP contribution in [0.15, 0.2) is 30.3 Å². The molecule has 6 heteroatoms. The van der Waals surface area contributed by atoms with E-state index in [0.29, 0.717) is 12.1 Å². The van der Waals surface area contributed by atoms with Crippen molar-refractivity contribution < 1.29 is 9.59 Å². The van der Waals surface area contributed by atoms with E-state index in [0.717, 1.165) is 0 Å². The molecule has 0 heterocycles. The summed E-state index contributed by atoms with van der Waals surface area (Å²) in [6.07, 6.45) is 0.409. The molecule has 0 unspecified atom stereocenters. The molecule has 2 amide bonds. The van der Waals surface area contributed by atoms with Crippen molar-refractivity contribution in [3.8, 4) is 0 Å². The number of carbonyl (C=O) groups is 2. The minimum atomic E-state index is -1.02. The van der Waals surface area contributed by atoms with Crippen LogP contribution in [0.3, 0.4) is 0 Å². The second kappa shape index (κ2) is 5.26. The summed E-state index contributed by atoms with van der Waals surface area (Å²) >= 11 is 11.9. The number of halogens is 2. The molecule has 1 saturated carbocycles. The quantitative estimate of drug-likeness (QED) is 0.869. The average Bonchev–Trinajstić information content (AvgIpc) is 2.89. The zero-order valence-electron chi connectivity index (χ0n) is 11.3. The third kappa shape index (κ3) is 2.91. The van der Waals surface area contributed by atoms with Gasteiger partial charge in [-0.25, -0.2) is 0 Å². The van der Waals surface area contributed by atoms with Gasteiger partial charge in [0.25, 0.3) is 0 Å². The van der Waals surface area contributed by atoms with Gasteiger partial charge in [0.15, 0.2) is 0 Å². The van der Waals surface area contributed by atoms with Crippen LogP contribution >= 0.6 is 23.2 Å². The molecule has 1 aliphatic rings. The van der Waals surface area contributed by atoms with E-state index in [1.807, 2.05) is 18.2 Å². The summed E-state index contributed by atoms with van der Waals surface area (Å²) in [4.78, 5) is 25.4. The van der Waals surface area contributed by atoms with Gasteiger partial charge in [-0.15, -0.1) is 23.2 Å². The third-order valence-electron chi connectivity index (χ3n) is 3.51. The Kier molecular flexibility index (Phi) is 3.98. The SMILES string of the molecule is CN(CC(=O)Nc1ccccc1)C(=O)[C@]1(C)CC1(Cl)Cl. The Morgan fingerprint density at radius 2 is 1.85 bits per heavy atom. The zero-order valence-corrected chi connectivity index (χ0v) is 12.8. The highest BCUT2D eigenvalue weighted by Gasteiger charge is 2.68. The summed E-state index contributed by atoms with van der Waals surface area (Å²) in [7, 11) is 1.57. The van der Waals surface area contributed by atoms with Crippen LogP contribution < -0.4 is 5.32 Å². The second-order valence-corrected chi connectivity index (χ2v) is 6.77. The number of likely N-dealkylation sites (N-methyl/N-ethyl adjacent to an activating group) is 1. The summed E-state index contributed by atoms with van der Waals surface area (Å²) in [5, 5.41) is 2.72. The van der Waals surface area contributed by atoms with Gasteiger partial charge in [0.2, 0.25) is 11.8 Å². The summed E-state index contributed by atoms with van der Waals surface area (Å²) in [5.41, 5.74) is -0.0993. The molecular formula is C14H16Cl2N2O2. The molecule has 0 radical (unpaired) electrons. The fraction of sp³-hybridized carbons (Fsp3) is 0.429. The Morgan fingerprint density at radius 1 is 1.30 bits per heavy atom. The Balaban J connectivity index is 1.90. The minimum Gasteiger partial charge on any atom is -0.336 e. The van der Waals surface area contributed by atoms with Gasteiger partial charge in [-0.2, -0.15) is 0 Å². The average molecular weight is 315 g/mol. The second-order valence-electron chi connectivity index (χ2n) is 5.29. The van der Waals surface area contributed by atoms with Crippen molar-refractivity contribution in [3.63, 3.8) is 0 Å². The third-order valence-corrected chi connectivity index (χ3v) is 4.62. The molecular weight excluding hydrogens is 299 g/mol. The van der Waals surface area contributed by atoms with E-state index in [4.69, 9.17) is 23.2 Å². The number of hydrogen-bond acceptors (Lipinski definition) is 2. The highest BCUT2D eigenvalue weighted by atomic mass is 35.5. The Bertz CT molecular complexity index is 533. The predicted molar refractivity (Wildman–Crippen MR) is 79.9 cm³/mol. The lowest BCUT2D eigenvalue weighted by molar-refractivity contribution is -0.137.